The number of furan rings is 1. The number of nitrogens with zero attached hydrogens (tertiary/aromatic N) is 1. The van der Waals surface area contributed by atoms with Gasteiger partial charge in [-0.1, -0.05) is 42.5 Å². The molecule has 0 saturated carbocycles. The van der Waals surface area contributed by atoms with E-state index >= 15 is 0 Å². The van der Waals surface area contributed by atoms with E-state index in [1.165, 1.54) is 18.3 Å². The Morgan fingerprint density at radius 3 is 2.80 bits per heavy atom. The molecule has 1 amide bonds. The quantitative estimate of drug-likeness (QED) is 0.445. The first-order valence-corrected chi connectivity index (χ1v) is 10.4. The SMILES string of the molecule is Cc1ccc2c(CC(=O)OC(C)C(=O)Nc3nc(-c4ccccc4)cs3)coc2c1. The second kappa shape index (κ2) is 8.51. The molecule has 0 aliphatic heterocycles. The van der Waals surface area contributed by atoms with Crippen molar-refractivity contribution in [3.63, 3.8) is 0 Å². The highest BCUT2D eigenvalue weighted by Gasteiger charge is 2.20. The summed E-state index contributed by atoms with van der Waals surface area (Å²) in [6.07, 6.45) is 0.641. The van der Waals surface area contributed by atoms with E-state index in [1.54, 1.807) is 6.26 Å². The maximum absolute atomic E-state index is 12.4. The van der Waals surface area contributed by atoms with Crippen LogP contribution in [0.5, 0.6) is 0 Å². The molecule has 4 aromatic rings. The first-order valence-electron chi connectivity index (χ1n) is 9.47. The number of rotatable bonds is 6. The average molecular weight is 420 g/mol. The van der Waals surface area contributed by atoms with Crippen LogP contribution in [-0.4, -0.2) is 23.0 Å². The van der Waals surface area contributed by atoms with Gasteiger partial charge in [-0.3, -0.25) is 14.9 Å². The third-order valence-corrected chi connectivity index (χ3v) is 5.39. The molecule has 6 nitrogen and oxygen atoms in total. The molecular weight excluding hydrogens is 400 g/mol. The molecule has 0 aliphatic carbocycles. The fourth-order valence-electron chi connectivity index (χ4n) is 3.05. The van der Waals surface area contributed by atoms with Crippen LogP contribution in [-0.2, 0) is 20.7 Å². The van der Waals surface area contributed by atoms with E-state index < -0.39 is 18.0 Å². The van der Waals surface area contributed by atoms with Crippen molar-refractivity contribution in [1.82, 2.24) is 4.98 Å². The number of anilines is 1. The third kappa shape index (κ3) is 4.41. The highest BCUT2D eigenvalue weighted by atomic mass is 32.1. The van der Waals surface area contributed by atoms with Crippen molar-refractivity contribution in [2.45, 2.75) is 26.4 Å². The first-order chi connectivity index (χ1) is 14.5. The number of benzene rings is 2. The smallest absolute Gasteiger partial charge is 0.311 e. The van der Waals surface area contributed by atoms with Crippen molar-refractivity contribution in [3.8, 4) is 11.3 Å². The van der Waals surface area contributed by atoms with Crippen LogP contribution in [0.4, 0.5) is 5.13 Å². The van der Waals surface area contributed by atoms with Crippen molar-refractivity contribution in [2.75, 3.05) is 5.32 Å². The van der Waals surface area contributed by atoms with Gasteiger partial charge in [-0.25, -0.2) is 4.98 Å². The number of amides is 1. The molecular formula is C23H20N2O4S. The lowest BCUT2D eigenvalue weighted by atomic mass is 10.1. The molecule has 7 heteroatoms. The summed E-state index contributed by atoms with van der Waals surface area (Å²) in [4.78, 5) is 29.1. The molecule has 0 saturated heterocycles. The molecule has 0 aliphatic rings. The van der Waals surface area contributed by atoms with E-state index in [-0.39, 0.29) is 6.42 Å². The molecule has 4 rings (SSSR count). The summed E-state index contributed by atoms with van der Waals surface area (Å²) in [5.74, 6) is -0.921. The Bertz CT molecular complexity index is 1200. The lowest BCUT2D eigenvalue weighted by Crippen LogP contribution is -2.30. The number of aromatic nitrogens is 1. The van der Waals surface area contributed by atoms with Crippen molar-refractivity contribution in [2.24, 2.45) is 0 Å². The lowest BCUT2D eigenvalue weighted by Gasteiger charge is -2.12. The molecule has 1 N–H and O–H groups in total. The number of thiazole rings is 1. The van der Waals surface area contributed by atoms with E-state index in [1.807, 2.05) is 60.8 Å². The molecule has 1 unspecified atom stereocenters. The molecule has 152 valence electrons. The highest BCUT2D eigenvalue weighted by Crippen LogP contribution is 2.25. The minimum atomic E-state index is -0.943. The maximum atomic E-state index is 12.4. The van der Waals surface area contributed by atoms with Crippen LogP contribution in [0.15, 0.2) is 64.6 Å². The lowest BCUT2D eigenvalue weighted by molar-refractivity contribution is -0.152. The predicted octanol–water partition coefficient (Wildman–Crippen LogP) is 4.98. The molecule has 2 aromatic carbocycles. The highest BCUT2D eigenvalue weighted by molar-refractivity contribution is 7.14. The minimum absolute atomic E-state index is 0.0308. The summed E-state index contributed by atoms with van der Waals surface area (Å²) in [7, 11) is 0. The Labute approximate surface area is 177 Å². The molecule has 1 atom stereocenters. The van der Waals surface area contributed by atoms with Gasteiger partial charge in [0.25, 0.3) is 5.91 Å². The van der Waals surface area contributed by atoms with Gasteiger partial charge in [-0.05, 0) is 25.5 Å². The summed E-state index contributed by atoms with van der Waals surface area (Å²) in [5.41, 5.74) is 4.28. The molecule has 0 spiro atoms. The minimum Gasteiger partial charge on any atom is -0.464 e. The number of esters is 1. The molecule has 30 heavy (non-hydrogen) atoms. The molecule has 0 fully saturated rings. The Kier molecular flexibility index (Phi) is 5.63. The molecule has 0 radical (unpaired) electrons. The van der Waals surface area contributed by atoms with Gasteiger partial charge in [0.1, 0.15) is 5.58 Å². The number of aryl methyl sites for hydroxylation is 1. The number of nitrogens with one attached hydrogen (secondary N) is 1. The summed E-state index contributed by atoms with van der Waals surface area (Å²) in [5, 5.41) is 5.90. The van der Waals surface area contributed by atoms with E-state index in [0.29, 0.717) is 5.13 Å². The van der Waals surface area contributed by atoms with Crippen molar-refractivity contribution in [1.29, 1.82) is 0 Å². The number of carbonyl (C=O) groups excluding carboxylic acids is 2. The first kappa shape index (κ1) is 19.8. The Hall–Kier alpha value is -3.45. The van der Waals surface area contributed by atoms with Gasteiger partial charge in [0, 0.05) is 21.9 Å². The largest absolute Gasteiger partial charge is 0.464 e. The van der Waals surface area contributed by atoms with Crippen LogP contribution in [0, 0.1) is 6.92 Å². The summed E-state index contributed by atoms with van der Waals surface area (Å²) in [6.45, 7) is 3.51. The van der Waals surface area contributed by atoms with Gasteiger partial charge in [0.2, 0.25) is 0 Å². The van der Waals surface area contributed by atoms with Gasteiger partial charge in [0.15, 0.2) is 11.2 Å². The van der Waals surface area contributed by atoms with E-state index in [2.05, 4.69) is 10.3 Å². The summed E-state index contributed by atoms with van der Waals surface area (Å²) < 4.78 is 10.8. The number of hydrogen-bond donors (Lipinski definition) is 1. The summed E-state index contributed by atoms with van der Waals surface area (Å²) in [6, 6.07) is 15.5. The Morgan fingerprint density at radius 1 is 1.20 bits per heavy atom. The average Bonchev–Trinajstić information content (AvgIpc) is 3.35. The van der Waals surface area contributed by atoms with Gasteiger partial charge < -0.3 is 9.15 Å². The molecule has 2 heterocycles. The van der Waals surface area contributed by atoms with Crippen molar-refractivity contribution in [3.05, 3.63) is 71.3 Å². The van der Waals surface area contributed by atoms with Gasteiger partial charge in [-0.15, -0.1) is 11.3 Å². The number of carbonyl (C=O) groups is 2. The third-order valence-electron chi connectivity index (χ3n) is 4.63. The fourth-order valence-corrected chi connectivity index (χ4v) is 3.78. The molecule has 0 bridgehead atoms. The Balaban J connectivity index is 1.35. The maximum Gasteiger partial charge on any atom is 0.311 e. The second-order valence-corrected chi connectivity index (χ2v) is 7.82. The summed E-state index contributed by atoms with van der Waals surface area (Å²) >= 11 is 1.32. The Morgan fingerprint density at radius 2 is 2.00 bits per heavy atom. The fraction of sp³-hybridized carbons (Fsp3) is 0.174. The van der Waals surface area contributed by atoms with Crippen molar-refractivity contribution < 1.29 is 18.7 Å². The van der Waals surface area contributed by atoms with Crippen LogP contribution < -0.4 is 5.32 Å². The number of fused-ring (bicyclic) bond motifs is 1. The molecule has 2 aromatic heterocycles. The van der Waals surface area contributed by atoms with E-state index in [0.717, 1.165) is 33.4 Å². The van der Waals surface area contributed by atoms with Gasteiger partial charge in [-0.2, -0.15) is 0 Å². The van der Waals surface area contributed by atoms with Crippen LogP contribution in [0.3, 0.4) is 0 Å². The zero-order valence-corrected chi connectivity index (χ0v) is 17.4. The van der Waals surface area contributed by atoms with Gasteiger partial charge >= 0.3 is 5.97 Å². The standard InChI is InChI=1S/C23H20N2O4S/c1-14-8-9-18-17(12-28-20(18)10-14)11-21(26)29-15(2)22(27)25-23-24-19(13-30-23)16-6-4-3-5-7-16/h3-10,12-13,15H,11H2,1-2H3,(H,24,25,27). The second-order valence-electron chi connectivity index (χ2n) is 6.96. The number of hydrogen-bond acceptors (Lipinski definition) is 6. The van der Waals surface area contributed by atoms with Crippen LogP contribution in [0.25, 0.3) is 22.2 Å². The predicted molar refractivity (Wildman–Crippen MR) is 116 cm³/mol. The zero-order valence-electron chi connectivity index (χ0n) is 16.5. The number of ether oxygens (including phenoxy) is 1. The van der Waals surface area contributed by atoms with E-state index in [4.69, 9.17) is 9.15 Å². The topological polar surface area (TPSA) is 81.4 Å². The van der Waals surface area contributed by atoms with Crippen LogP contribution in [0.2, 0.25) is 0 Å². The van der Waals surface area contributed by atoms with Crippen LogP contribution >= 0.6 is 11.3 Å². The zero-order chi connectivity index (χ0) is 21.1. The van der Waals surface area contributed by atoms with E-state index in [9.17, 15) is 9.59 Å². The van der Waals surface area contributed by atoms with Crippen LogP contribution in [0.1, 0.15) is 18.1 Å². The van der Waals surface area contributed by atoms with Crippen molar-refractivity contribution >= 4 is 39.3 Å². The normalized spacial score (nSPS) is 11.9. The monoisotopic (exact) mass is 420 g/mol. The van der Waals surface area contributed by atoms with Gasteiger partial charge in [0.05, 0.1) is 18.4 Å².